The third kappa shape index (κ3) is 34.2. The van der Waals surface area contributed by atoms with Gasteiger partial charge in [-0.05, 0) is 208 Å². The molecular weight excluding hydrogens is 1510 g/mol. The van der Waals surface area contributed by atoms with Crippen LogP contribution in [0.25, 0.3) is 0 Å². The van der Waals surface area contributed by atoms with Crippen molar-refractivity contribution in [2.75, 3.05) is 39.3 Å². The van der Waals surface area contributed by atoms with Crippen LogP contribution in [-0.4, -0.2) is 232 Å². The van der Waals surface area contributed by atoms with Gasteiger partial charge in [0.2, 0.25) is 65.0 Å². The second-order valence-electron chi connectivity index (χ2n) is 29.4. The number of rotatable bonds is 37. The summed E-state index contributed by atoms with van der Waals surface area (Å²) in [6.45, 7) is 8.82. The highest BCUT2D eigenvalue weighted by molar-refractivity contribution is 6.00. The van der Waals surface area contributed by atoms with Crippen LogP contribution < -0.4 is 64.2 Å². The number of benzene rings is 5. The van der Waals surface area contributed by atoms with E-state index in [0.29, 0.717) is 40.2 Å². The van der Waals surface area contributed by atoms with Crippen molar-refractivity contribution in [1.29, 1.82) is 0 Å². The summed E-state index contributed by atoms with van der Waals surface area (Å²) in [6, 6.07) is 16.8. The molecule has 5 aromatic rings. The molecule has 1 fully saturated rings. The normalized spacial score (nSPS) is 20.0. The Bertz CT molecular complexity index is 4150. The highest BCUT2D eigenvalue weighted by atomic mass is 16.3. The molecule has 0 radical (unpaired) electrons. The van der Waals surface area contributed by atoms with Crippen LogP contribution in [0.1, 0.15) is 146 Å². The summed E-state index contributed by atoms with van der Waals surface area (Å²) >= 11 is 0. The molecule has 1 saturated heterocycles. The SMILES string of the molecule is CCC(C)CCCCC(=O)N[C@@H](CCN=Cc1ccc(O)cc1)C(=O)N[C@H](C(=O)N[C@@H](CCN)C(=O)N[C@H]1CCNC(=O)[C@H]([C@@H](C)O)NC(=O)[C@H](CCN=Cc2ccc(O)cc2)NC(=O)[C@H](CCN=Cc2ccc(O)cc2)NC(=O)[C@H](CC(C)C)NC(=O)[C@@H](Cc2ccccc2)NC(=O)[C@H](CCN=Cc2ccc(O)cc2)NC1=O)[C@@H](C)O. The highest BCUT2D eigenvalue weighted by Gasteiger charge is 2.38. The predicted molar refractivity (Wildman–Crippen MR) is 442 cm³/mol. The largest absolute Gasteiger partial charge is 0.508 e. The number of aliphatic hydroxyl groups excluding tert-OH is 2. The lowest BCUT2D eigenvalue weighted by Crippen LogP contribution is -2.62. The van der Waals surface area contributed by atoms with Gasteiger partial charge < -0.3 is 94.9 Å². The number of aliphatic imine (C=N–C) groups is 4. The lowest BCUT2D eigenvalue weighted by Gasteiger charge is -2.29. The molecular formula is C84H114N16O17. The lowest BCUT2D eigenvalue weighted by atomic mass is 10.00. The van der Waals surface area contributed by atoms with Crippen LogP contribution in [-0.2, 0) is 59.2 Å². The quantitative estimate of drug-likeness (QED) is 0.0200. The maximum Gasteiger partial charge on any atom is 0.245 e. The predicted octanol–water partition coefficient (Wildman–Crippen LogP) is 2.22. The molecule has 5 aromatic carbocycles. The first-order valence-electron chi connectivity index (χ1n) is 39.5. The number of aliphatic hydroxyl groups is 2. The smallest absolute Gasteiger partial charge is 0.245 e. The number of carbonyl (C=O) groups is 11. The molecule has 632 valence electrons. The Morgan fingerprint density at radius 3 is 1.36 bits per heavy atom. The lowest BCUT2D eigenvalue weighted by molar-refractivity contribution is -0.137. The summed E-state index contributed by atoms with van der Waals surface area (Å²) in [5.74, 6) is -10.2. The maximum absolute atomic E-state index is 15.3. The zero-order valence-electron chi connectivity index (χ0n) is 67.0. The van der Waals surface area contributed by atoms with Crippen molar-refractivity contribution in [2.45, 2.75) is 198 Å². The molecule has 33 nitrogen and oxygen atoms in total. The number of hydrogen-bond acceptors (Lipinski definition) is 22. The van der Waals surface area contributed by atoms with E-state index in [-0.39, 0.29) is 113 Å². The van der Waals surface area contributed by atoms with E-state index in [9.17, 15) is 69.0 Å². The van der Waals surface area contributed by atoms with E-state index in [1.54, 1.807) is 92.7 Å². The van der Waals surface area contributed by atoms with Gasteiger partial charge in [-0.3, -0.25) is 72.7 Å². The van der Waals surface area contributed by atoms with Crippen LogP contribution in [0.5, 0.6) is 23.0 Å². The van der Waals surface area contributed by atoms with Crippen molar-refractivity contribution in [3.63, 3.8) is 0 Å². The number of nitrogens with two attached hydrogens (primary N) is 1. The maximum atomic E-state index is 15.3. The summed E-state index contributed by atoms with van der Waals surface area (Å²) in [7, 11) is 0. The van der Waals surface area contributed by atoms with Crippen molar-refractivity contribution in [2.24, 2.45) is 37.5 Å². The van der Waals surface area contributed by atoms with Crippen molar-refractivity contribution in [3.05, 3.63) is 155 Å². The van der Waals surface area contributed by atoms with Crippen LogP contribution >= 0.6 is 0 Å². The zero-order valence-corrected chi connectivity index (χ0v) is 67.0. The molecule has 13 atom stereocenters. The van der Waals surface area contributed by atoms with Gasteiger partial charge in [0.1, 0.15) is 83.4 Å². The number of phenols is 4. The number of phenolic OH excluding ortho intramolecular Hbond substituents is 4. The van der Waals surface area contributed by atoms with Gasteiger partial charge in [0.25, 0.3) is 0 Å². The van der Waals surface area contributed by atoms with Crippen molar-refractivity contribution < 1.29 is 83.4 Å². The molecule has 1 unspecified atom stereocenters. The van der Waals surface area contributed by atoms with Crippen LogP contribution in [0.3, 0.4) is 0 Å². The van der Waals surface area contributed by atoms with Crippen LogP contribution in [0.4, 0.5) is 0 Å². The minimum absolute atomic E-state index is 0.00495. The molecule has 0 spiro atoms. The van der Waals surface area contributed by atoms with Crippen molar-refractivity contribution >= 4 is 89.8 Å². The number of aromatic hydroxyl groups is 4. The summed E-state index contributed by atoms with van der Waals surface area (Å²) in [5.41, 5.74) is 8.92. The van der Waals surface area contributed by atoms with Gasteiger partial charge in [0.15, 0.2) is 0 Å². The van der Waals surface area contributed by atoms with Gasteiger partial charge in [-0.2, -0.15) is 0 Å². The summed E-state index contributed by atoms with van der Waals surface area (Å²) < 4.78 is 0. The van der Waals surface area contributed by atoms with Gasteiger partial charge in [0, 0.05) is 70.4 Å². The fourth-order valence-corrected chi connectivity index (χ4v) is 12.2. The highest BCUT2D eigenvalue weighted by Crippen LogP contribution is 2.17. The third-order valence-corrected chi connectivity index (χ3v) is 19.2. The average Bonchev–Trinajstić information content (AvgIpc) is 1.24. The van der Waals surface area contributed by atoms with E-state index < -0.39 is 151 Å². The van der Waals surface area contributed by atoms with Gasteiger partial charge in [-0.1, -0.05) is 77.3 Å². The molecule has 19 N–H and O–H groups in total. The molecule has 0 saturated carbocycles. The minimum atomic E-state index is -1.81. The molecule has 33 heteroatoms. The van der Waals surface area contributed by atoms with E-state index in [0.717, 1.165) is 19.3 Å². The Balaban J connectivity index is 1.39. The summed E-state index contributed by atoms with van der Waals surface area (Å²) in [6.07, 6.45) is 3.77. The van der Waals surface area contributed by atoms with Crippen molar-refractivity contribution in [3.8, 4) is 23.0 Å². The van der Waals surface area contributed by atoms with Crippen LogP contribution in [0.2, 0.25) is 0 Å². The number of carbonyl (C=O) groups excluding carboxylic acids is 11. The fraction of sp³-hybridized carbons (Fsp3) is 0.464. The number of amides is 11. The topological polar surface area (TPSA) is 517 Å². The number of unbranched alkanes of at least 4 members (excludes halogenated alkanes) is 1. The monoisotopic (exact) mass is 1620 g/mol. The molecule has 0 aliphatic carbocycles. The third-order valence-electron chi connectivity index (χ3n) is 19.2. The Labute approximate surface area is 681 Å². The molecule has 6 rings (SSSR count). The van der Waals surface area contributed by atoms with E-state index in [4.69, 9.17) is 5.73 Å². The molecule has 0 bridgehead atoms. The molecule has 1 aliphatic rings. The standard InChI is InChI=1S/C84H114N16O17/c1-7-52(4)13-11-12-16-72(107)91-65(34-40-86-47-56-17-25-60(103)26-18-56)79(112)100-74(54(6)102)84(117)96-64(33-39-85)75(108)94-69-38-44-90-83(116)73(53(5)101)99-80(113)68(37-43-89-50-59-23-31-63(106)32-24-59)93-76(109)66(35-41-87-48-57-19-27-61(104)28-20-57)95-81(114)70(45-51(2)3)97-82(115)71(46-55-14-9-8-10-15-55)98-78(111)67(92-77(69)110)36-42-88-49-58-21-29-62(105)30-22-58/h8-10,14-15,17-32,47-54,64-71,73-74,101-106H,7,11-13,16,33-46,85H2,1-6H3,(H,90,116)(H,91,107)(H,92,110)(H,93,109)(H,94,108)(H,95,114)(H,96,117)(H,97,115)(H,98,111)(H,99,113)(H,100,112)/t52?,53-,54-,64+,65+,66+,67+,68+,69+,70+,71-,73+,74+/m1/s1. The van der Waals surface area contributed by atoms with E-state index in [2.05, 4.69) is 92.3 Å². The van der Waals surface area contributed by atoms with Gasteiger partial charge in [-0.15, -0.1) is 0 Å². The Morgan fingerprint density at radius 2 is 0.906 bits per heavy atom. The van der Waals surface area contributed by atoms with E-state index in [1.807, 2.05) is 0 Å². The van der Waals surface area contributed by atoms with Gasteiger partial charge in [-0.25, -0.2) is 0 Å². The molecule has 1 aliphatic heterocycles. The number of hydrogen-bond donors (Lipinski definition) is 18. The van der Waals surface area contributed by atoms with Crippen LogP contribution in [0, 0.1) is 11.8 Å². The minimum Gasteiger partial charge on any atom is -0.508 e. The zero-order chi connectivity index (χ0) is 85.3. The summed E-state index contributed by atoms with van der Waals surface area (Å²) in [4.78, 5) is 180. The van der Waals surface area contributed by atoms with E-state index >= 15 is 14.4 Å². The number of nitrogens with one attached hydrogen (secondary N) is 11. The number of nitrogens with zero attached hydrogens (tertiary/aromatic N) is 4. The first-order valence-corrected chi connectivity index (χ1v) is 39.5. The van der Waals surface area contributed by atoms with E-state index in [1.165, 1.54) is 87.2 Å². The first-order chi connectivity index (χ1) is 56.0. The Hall–Kier alpha value is -12.0. The van der Waals surface area contributed by atoms with Gasteiger partial charge in [0.05, 0.1) is 12.2 Å². The first kappa shape index (κ1) is 93.9. The van der Waals surface area contributed by atoms with Crippen molar-refractivity contribution in [1.82, 2.24) is 58.5 Å². The Kier molecular flexibility index (Phi) is 39.9. The molecule has 1 heterocycles. The molecule has 0 aromatic heterocycles. The second-order valence-corrected chi connectivity index (χ2v) is 29.4. The molecule has 11 amide bonds. The Morgan fingerprint density at radius 1 is 0.479 bits per heavy atom. The van der Waals surface area contributed by atoms with Crippen LogP contribution in [0.15, 0.2) is 147 Å². The summed E-state index contributed by atoms with van der Waals surface area (Å²) in [5, 5.41) is 91.2. The fourth-order valence-electron chi connectivity index (χ4n) is 12.2. The van der Waals surface area contributed by atoms with Gasteiger partial charge >= 0.3 is 0 Å². The average molecular weight is 1620 g/mol. The molecule has 117 heavy (non-hydrogen) atoms. The second kappa shape index (κ2) is 49.7.